The molecule has 1 atom stereocenters. The molecule has 178 valence electrons. The van der Waals surface area contributed by atoms with E-state index in [4.69, 9.17) is 14.5 Å². The number of fused-ring (bicyclic) bond motifs is 1. The van der Waals surface area contributed by atoms with Crippen molar-refractivity contribution in [2.75, 3.05) is 13.2 Å². The first kappa shape index (κ1) is 28.0. The van der Waals surface area contributed by atoms with E-state index in [1.807, 2.05) is 6.92 Å². The van der Waals surface area contributed by atoms with Crippen molar-refractivity contribution in [3.05, 3.63) is 51.7 Å². The van der Waals surface area contributed by atoms with Crippen LogP contribution in [0, 0.1) is 0 Å². The van der Waals surface area contributed by atoms with Gasteiger partial charge >= 0.3 is 29.6 Å². The summed E-state index contributed by atoms with van der Waals surface area (Å²) in [5, 5.41) is 15.6. The standard InChI is InChI=1S/C24H32N4O5.Na/c1-5-8-18-21-22(27(4)26-18)23(29)28(20(6-2)25-21)13-14-33-17-11-9-16(10-12-17)15-19(24(30)31)32-7-3;/h9-12,19H,5-8,13-15H2,1-4H3,(H,30,31);/q;+1/p-1/t19-;/m1./s1. The zero-order chi connectivity index (χ0) is 24.0. The predicted octanol–water partition coefficient (Wildman–Crippen LogP) is -1.57. The predicted molar refractivity (Wildman–Crippen MR) is 122 cm³/mol. The molecule has 0 amide bonds. The molecule has 3 rings (SSSR count). The normalized spacial score (nSPS) is 11.9. The van der Waals surface area contributed by atoms with Gasteiger partial charge in [-0.15, -0.1) is 0 Å². The maximum atomic E-state index is 13.2. The van der Waals surface area contributed by atoms with Gasteiger partial charge in [-0.05, 0) is 31.0 Å². The summed E-state index contributed by atoms with van der Waals surface area (Å²) in [6.45, 7) is 6.75. The van der Waals surface area contributed by atoms with Crippen LogP contribution in [-0.2, 0) is 42.4 Å². The number of carbonyl (C=O) groups is 1. The molecule has 1 aromatic carbocycles. The third-order valence-electron chi connectivity index (χ3n) is 5.45. The van der Waals surface area contributed by atoms with Crippen molar-refractivity contribution in [3.8, 4) is 5.75 Å². The Morgan fingerprint density at radius 1 is 1.18 bits per heavy atom. The van der Waals surface area contributed by atoms with Crippen LogP contribution in [0.1, 0.15) is 44.3 Å². The van der Waals surface area contributed by atoms with E-state index in [9.17, 15) is 14.7 Å². The van der Waals surface area contributed by atoms with Crippen molar-refractivity contribution in [1.82, 2.24) is 19.3 Å². The van der Waals surface area contributed by atoms with E-state index >= 15 is 0 Å². The Morgan fingerprint density at radius 3 is 2.47 bits per heavy atom. The molecule has 0 unspecified atom stereocenters. The van der Waals surface area contributed by atoms with Crippen molar-refractivity contribution < 1.29 is 48.9 Å². The molecule has 0 aliphatic carbocycles. The summed E-state index contributed by atoms with van der Waals surface area (Å²) in [6, 6.07) is 7.15. The van der Waals surface area contributed by atoms with Crippen LogP contribution in [0.4, 0.5) is 0 Å². The molecule has 9 nitrogen and oxygen atoms in total. The molecule has 34 heavy (non-hydrogen) atoms. The summed E-state index contributed by atoms with van der Waals surface area (Å²) in [5.74, 6) is 0.113. The number of nitrogens with zero attached hydrogens (tertiary/aromatic N) is 4. The van der Waals surface area contributed by atoms with Crippen molar-refractivity contribution in [2.24, 2.45) is 7.05 Å². The maximum absolute atomic E-state index is 13.2. The molecule has 0 aliphatic rings. The van der Waals surface area contributed by atoms with Gasteiger partial charge in [0.05, 0.1) is 18.2 Å². The van der Waals surface area contributed by atoms with Crippen LogP contribution in [0.25, 0.3) is 11.0 Å². The average Bonchev–Trinajstić information content (AvgIpc) is 3.11. The van der Waals surface area contributed by atoms with E-state index in [0.717, 1.165) is 24.1 Å². The topological polar surface area (TPSA) is 111 Å². The van der Waals surface area contributed by atoms with Crippen LogP contribution in [0.2, 0.25) is 0 Å². The van der Waals surface area contributed by atoms with Crippen LogP contribution >= 0.6 is 0 Å². The van der Waals surface area contributed by atoms with Gasteiger partial charge in [-0.1, -0.05) is 32.4 Å². The fraction of sp³-hybridized carbons (Fsp3) is 0.500. The van der Waals surface area contributed by atoms with Gasteiger partial charge in [-0.3, -0.25) is 14.0 Å². The van der Waals surface area contributed by atoms with Crippen LogP contribution < -0.4 is 45.0 Å². The number of aliphatic carboxylic acids is 1. The molecular weight excluding hydrogens is 447 g/mol. The monoisotopic (exact) mass is 478 g/mol. The van der Waals surface area contributed by atoms with Crippen LogP contribution in [0.15, 0.2) is 29.1 Å². The molecule has 0 saturated heterocycles. The zero-order valence-electron chi connectivity index (χ0n) is 20.7. The smallest absolute Gasteiger partial charge is 0.547 e. The number of hydrogen-bond donors (Lipinski definition) is 0. The number of aryl methyl sites for hydroxylation is 3. The minimum atomic E-state index is -1.23. The average molecular weight is 479 g/mol. The molecule has 0 N–H and O–H groups in total. The number of ether oxygens (including phenoxy) is 2. The number of carboxylic acid groups (broad SMARTS) is 1. The third kappa shape index (κ3) is 6.47. The van der Waals surface area contributed by atoms with Gasteiger partial charge in [0.15, 0.2) is 5.52 Å². The molecule has 3 aromatic rings. The molecule has 10 heteroatoms. The van der Waals surface area contributed by atoms with E-state index in [2.05, 4.69) is 12.0 Å². The second-order valence-corrected chi connectivity index (χ2v) is 7.82. The summed E-state index contributed by atoms with van der Waals surface area (Å²) in [5.41, 5.74) is 2.75. The number of carbonyl (C=O) groups excluding carboxylic acids is 1. The largest absolute Gasteiger partial charge is 1.00 e. The molecule has 2 aromatic heterocycles. The van der Waals surface area contributed by atoms with Gasteiger partial charge in [-0.25, -0.2) is 4.98 Å². The van der Waals surface area contributed by atoms with Crippen LogP contribution in [0.3, 0.4) is 0 Å². The Kier molecular flexibility index (Phi) is 10.8. The summed E-state index contributed by atoms with van der Waals surface area (Å²) >= 11 is 0. The summed E-state index contributed by atoms with van der Waals surface area (Å²) in [4.78, 5) is 29.1. The molecule has 0 radical (unpaired) electrons. The van der Waals surface area contributed by atoms with Crippen molar-refractivity contribution in [1.29, 1.82) is 0 Å². The minimum absolute atomic E-state index is 0. The van der Waals surface area contributed by atoms with E-state index in [1.165, 1.54) is 0 Å². The van der Waals surface area contributed by atoms with E-state index in [0.29, 0.717) is 48.8 Å². The molecule has 0 bridgehead atoms. The second-order valence-electron chi connectivity index (χ2n) is 7.82. The first-order valence-corrected chi connectivity index (χ1v) is 11.4. The molecule has 0 fully saturated rings. The van der Waals surface area contributed by atoms with Crippen LogP contribution in [-0.4, -0.2) is 44.6 Å². The number of benzene rings is 1. The summed E-state index contributed by atoms with van der Waals surface area (Å²) in [7, 11) is 1.77. The Morgan fingerprint density at radius 2 is 1.88 bits per heavy atom. The Labute approximate surface area is 221 Å². The maximum Gasteiger partial charge on any atom is 1.00 e. The summed E-state index contributed by atoms with van der Waals surface area (Å²) in [6.07, 6.45) is 1.59. The van der Waals surface area contributed by atoms with E-state index in [1.54, 1.807) is 47.5 Å². The SMILES string of the molecule is CCCc1nn(C)c2c(=O)n(CCOc3ccc(C[C@@H](OCC)C(=O)[O-])cc3)c(CC)nc12.[Na+]. The number of hydrogen-bond acceptors (Lipinski definition) is 7. The first-order valence-electron chi connectivity index (χ1n) is 11.4. The fourth-order valence-corrected chi connectivity index (χ4v) is 3.87. The van der Waals surface area contributed by atoms with E-state index < -0.39 is 12.1 Å². The van der Waals surface area contributed by atoms with Gasteiger partial charge in [0.25, 0.3) is 5.56 Å². The summed E-state index contributed by atoms with van der Waals surface area (Å²) < 4.78 is 14.3. The van der Waals surface area contributed by atoms with Crippen molar-refractivity contribution >= 4 is 17.0 Å². The molecule has 0 saturated carbocycles. The molecule has 2 heterocycles. The minimum Gasteiger partial charge on any atom is -0.547 e. The Hall–Kier alpha value is -2.20. The quantitative estimate of drug-likeness (QED) is 0.289. The number of aromatic nitrogens is 4. The molecular formula is C24H31N4NaO5. The van der Waals surface area contributed by atoms with Crippen molar-refractivity contribution in [2.45, 2.75) is 59.1 Å². The van der Waals surface area contributed by atoms with Gasteiger partial charge in [-0.2, -0.15) is 5.10 Å². The Bertz CT molecular complexity index is 1160. The van der Waals surface area contributed by atoms with Gasteiger partial charge < -0.3 is 19.4 Å². The third-order valence-corrected chi connectivity index (χ3v) is 5.45. The number of carboxylic acids is 1. The Balaban J connectivity index is 0.00000408. The first-order chi connectivity index (χ1) is 15.9. The van der Waals surface area contributed by atoms with Gasteiger partial charge in [0.2, 0.25) is 0 Å². The second kappa shape index (κ2) is 13.0. The van der Waals surface area contributed by atoms with Crippen molar-refractivity contribution in [3.63, 3.8) is 0 Å². The molecule has 0 spiro atoms. The van der Waals surface area contributed by atoms with Gasteiger partial charge in [0.1, 0.15) is 29.8 Å². The fourth-order valence-electron chi connectivity index (χ4n) is 3.87. The zero-order valence-corrected chi connectivity index (χ0v) is 22.7. The molecule has 0 aliphatic heterocycles. The van der Waals surface area contributed by atoms with Crippen LogP contribution in [0.5, 0.6) is 5.75 Å². The van der Waals surface area contributed by atoms with E-state index in [-0.39, 0.29) is 41.5 Å². The number of rotatable bonds is 12. The van der Waals surface area contributed by atoms with Gasteiger partial charge in [0, 0.05) is 26.5 Å².